The van der Waals surface area contributed by atoms with Crippen molar-refractivity contribution in [2.45, 2.75) is 13.5 Å². The molecule has 2 aliphatic heterocycles. The molecule has 1 aromatic heterocycles. The van der Waals surface area contributed by atoms with Crippen molar-refractivity contribution in [3.63, 3.8) is 0 Å². The van der Waals surface area contributed by atoms with Crippen LogP contribution in [-0.2, 0) is 11.3 Å². The molecule has 2 aliphatic rings. The number of hydrogen-bond donors (Lipinski definition) is 0. The SMILES string of the molecule is Cc1cccc(-c2c(CN3CC4COC[C@@H]4C3)no[n+]2[O-])c1. The number of likely N-dealkylation sites (tertiary alicyclic amines) is 1. The number of hydrogen-bond acceptors (Lipinski definition) is 5. The quantitative estimate of drug-likeness (QED) is 0.801. The van der Waals surface area contributed by atoms with E-state index >= 15 is 0 Å². The molecular weight excluding hydrogens is 282 g/mol. The Morgan fingerprint density at radius 3 is 2.82 bits per heavy atom. The lowest BCUT2D eigenvalue weighted by Gasteiger charge is -2.13. The minimum atomic E-state index is 0.518. The minimum Gasteiger partial charge on any atom is -0.381 e. The smallest absolute Gasteiger partial charge is 0.240 e. The van der Waals surface area contributed by atoms with Crippen LogP contribution in [0.1, 0.15) is 11.3 Å². The van der Waals surface area contributed by atoms with Crippen LogP contribution < -0.4 is 4.90 Å². The lowest BCUT2D eigenvalue weighted by atomic mass is 10.0. The Hall–Kier alpha value is -1.92. The van der Waals surface area contributed by atoms with Crippen LogP contribution in [0.5, 0.6) is 0 Å². The second-order valence-corrected chi connectivity index (χ2v) is 6.35. The van der Waals surface area contributed by atoms with E-state index in [-0.39, 0.29) is 0 Å². The summed E-state index contributed by atoms with van der Waals surface area (Å²) < 4.78 is 10.4. The normalized spacial score (nSPS) is 24.8. The van der Waals surface area contributed by atoms with Gasteiger partial charge in [0.2, 0.25) is 11.4 Å². The van der Waals surface area contributed by atoms with Crippen LogP contribution in [0.2, 0.25) is 0 Å². The van der Waals surface area contributed by atoms with Crippen LogP contribution in [0.15, 0.2) is 28.9 Å². The van der Waals surface area contributed by atoms with E-state index in [4.69, 9.17) is 9.37 Å². The molecule has 0 radical (unpaired) electrons. The van der Waals surface area contributed by atoms with Crippen LogP contribution >= 0.6 is 0 Å². The van der Waals surface area contributed by atoms with E-state index in [0.717, 1.165) is 37.4 Å². The zero-order valence-electron chi connectivity index (χ0n) is 12.6. The van der Waals surface area contributed by atoms with Crippen LogP contribution in [0.4, 0.5) is 0 Å². The molecule has 1 unspecified atom stereocenters. The van der Waals surface area contributed by atoms with Gasteiger partial charge in [0.15, 0.2) is 0 Å². The second kappa shape index (κ2) is 5.37. The predicted octanol–water partition coefficient (Wildman–Crippen LogP) is 1.36. The molecule has 6 heteroatoms. The van der Waals surface area contributed by atoms with Crippen LogP contribution in [0.3, 0.4) is 0 Å². The van der Waals surface area contributed by atoms with Gasteiger partial charge in [-0.2, -0.15) is 0 Å². The van der Waals surface area contributed by atoms with Gasteiger partial charge in [-0.3, -0.25) is 9.53 Å². The lowest BCUT2D eigenvalue weighted by Crippen LogP contribution is -2.27. The van der Waals surface area contributed by atoms with Gasteiger partial charge in [0.1, 0.15) is 0 Å². The summed E-state index contributed by atoms with van der Waals surface area (Å²) in [6.07, 6.45) is 0. The topological polar surface area (TPSA) is 65.4 Å². The summed E-state index contributed by atoms with van der Waals surface area (Å²) in [7, 11) is 0. The molecule has 22 heavy (non-hydrogen) atoms. The Morgan fingerprint density at radius 1 is 1.32 bits per heavy atom. The molecule has 0 N–H and O–H groups in total. The maximum atomic E-state index is 12.0. The van der Waals surface area contributed by atoms with E-state index in [9.17, 15) is 5.21 Å². The molecule has 0 bridgehead atoms. The van der Waals surface area contributed by atoms with E-state index < -0.39 is 0 Å². The van der Waals surface area contributed by atoms with Crippen molar-refractivity contribution in [3.8, 4) is 11.3 Å². The van der Waals surface area contributed by atoms with E-state index in [2.05, 4.69) is 10.1 Å². The highest BCUT2D eigenvalue weighted by molar-refractivity contribution is 5.59. The van der Waals surface area contributed by atoms with Crippen molar-refractivity contribution in [2.24, 2.45) is 11.8 Å². The minimum absolute atomic E-state index is 0.518. The Morgan fingerprint density at radius 2 is 2.09 bits per heavy atom. The van der Waals surface area contributed by atoms with Crippen LogP contribution in [-0.4, -0.2) is 36.4 Å². The summed E-state index contributed by atoms with van der Waals surface area (Å²) in [6.45, 7) is 6.37. The maximum Gasteiger partial charge on any atom is 0.240 e. The largest absolute Gasteiger partial charge is 0.381 e. The van der Waals surface area contributed by atoms with Crippen molar-refractivity contribution < 1.29 is 14.3 Å². The summed E-state index contributed by atoms with van der Waals surface area (Å²) in [5.74, 6) is 1.24. The number of nitrogens with zero attached hydrogens (tertiary/aromatic N) is 3. The predicted molar refractivity (Wildman–Crippen MR) is 78.7 cm³/mol. The Labute approximate surface area is 128 Å². The van der Waals surface area contributed by atoms with Gasteiger partial charge in [-0.05, 0) is 17.9 Å². The summed E-state index contributed by atoms with van der Waals surface area (Å²) in [4.78, 5) is 2.86. The fourth-order valence-electron chi connectivity index (χ4n) is 3.57. The monoisotopic (exact) mass is 301 g/mol. The van der Waals surface area contributed by atoms with Gasteiger partial charge in [0.25, 0.3) is 0 Å². The fraction of sp³-hybridized carbons (Fsp3) is 0.500. The lowest BCUT2D eigenvalue weighted by molar-refractivity contribution is -0.793. The fourth-order valence-corrected chi connectivity index (χ4v) is 3.57. The van der Waals surface area contributed by atoms with Gasteiger partial charge < -0.3 is 9.94 Å². The van der Waals surface area contributed by atoms with Crippen LogP contribution in [0.25, 0.3) is 11.3 Å². The third kappa shape index (κ3) is 2.38. The van der Waals surface area contributed by atoms with Gasteiger partial charge in [-0.1, -0.05) is 23.8 Å². The molecule has 0 saturated carbocycles. The van der Waals surface area contributed by atoms with Gasteiger partial charge in [0.05, 0.1) is 19.8 Å². The van der Waals surface area contributed by atoms with E-state index in [1.807, 2.05) is 31.2 Å². The number of ether oxygens (including phenoxy) is 1. The first-order valence-electron chi connectivity index (χ1n) is 7.66. The Balaban J connectivity index is 1.58. The average Bonchev–Trinajstić information content (AvgIpc) is 3.14. The first kappa shape index (κ1) is 13.7. The standard InChI is InChI=1S/C16H19N3O3/c1-11-3-2-4-12(5-11)16-15(17-22-19(16)20)8-18-6-13-9-21-10-14(13)7-18/h2-5,13-14H,6-10H2,1H3/t13-,14?/m0/s1. The number of fused-ring (bicyclic) bond motifs is 1. The third-order valence-electron chi connectivity index (χ3n) is 4.66. The van der Waals surface area contributed by atoms with Crippen molar-refractivity contribution in [1.29, 1.82) is 0 Å². The molecule has 0 aliphatic carbocycles. The van der Waals surface area contributed by atoms with Crippen molar-refractivity contribution in [1.82, 2.24) is 10.1 Å². The molecular formula is C16H19N3O3. The van der Waals surface area contributed by atoms with Gasteiger partial charge in [0, 0.05) is 35.6 Å². The molecule has 3 heterocycles. The molecule has 6 nitrogen and oxygen atoms in total. The third-order valence-corrected chi connectivity index (χ3v) is 4.66. The number of aromatic nitrogens is 2. The van der Waals surface area contributed by atoms with Crippen molar-refractivity contribution in [3.05, 3.63) is 40.7 Å². The molecule has 1 aromatic carbocycles. The zero-order chi connectivity index (χ0) is 15.1. The Bertz CT molecular complexity index is 673. The molecule has 4 rings (SSSR count). The molecule has 2 fully saturated rings. The molecule has 0 spiro atoms. The Kier molecular flexibility index (Phi) is 3.35. The molecule has 2 atom stereocenters. The van der Waals surface area contributed by atoms with Gasteiger partial charge >= 0.3 is 0 Å². The number of benzene rings is 1. The zero-order valence-corrected chi connectivity index (χ0v) is 12.6. The highest BCUT2D eigenvalue weighted by atomic mass is 16.8. The van der Waals surface area contributed by atoms with E-state index in [1.54, 1.807) is 0 Å². The molecule has 2 saturated heterocycles. The summed E-state index contributed by atoms with van der Waals surface area (Å²) >= 11 is 0. The second-order valence-electron chi connectivity index (χ2n) is 6.35. The summed E-state index contributed by atoms with van der Waals surface area (Å²) in [6, 6.07) is 7.85. The number of aryl methyl sites for hydroxylation is 1. The number of rotatable bonds is 3. The molecule has 2 aromatic rings. The van der Waals surface area contributed by atoms with E-state index in [0.29, 0.717) is 34.7 Å². The molecule has 0 amide bonds. The maximum absolute atomic E-state index is 12.0. The summed E-state index contributed by atoms with van der Waals surface area (Å²) in [5, 5.41) is 16.0. The average molecular weight is 301 g/mol. The van der Waals surface area contributed by atoms with Gasteiger partial charge in [-0.15, -0.1) is 0 Å². The summed E-state index contributed by atoms with van der Waals surface area (Å²) in [5.41, 5.74) is 3.20. The first-order valence-corrected chi connectivity index (χ1v) is 7.66. The van der Waals surface area contributed by atoms with E-state index in [1.165, 1.54) is 0 Å². The van der Waals surface area contributed by atoms with Gasteiger partial charge in [-0.25, -0.2) is 0 Å². The van der Waals surface area contributed by atoms with Crippen molar-refractivity contribution in [2.75, 3.05) is 26.3 Å². The highest BCUT2D eigenvalue weighted by Crippen LogP contribution is 2.31. The highest BCUT2D eigenvalue weighted by Gasteiger charge is 2.38. The molecule has 116 valence electrons. The van der Waals surface area contributed by atoms with Crippen molar-refractivity contribution >= 4 is 0 Å². The van der Waals surface area contributed by atoms with Crippen LogP contribution in [0, 0.1) is 24.0 Å². The first-order chi connectivity index (χ1) is 10.7.